The number of nitrogens with zero attached hydrogens (tertiary/aromatic N) is 2. The first-order valence-corrected chi connectivity index (χ1v) is 6.55. The maximum Gasteiger partial charge on any atom is 0.416 e. The van der Waals surface area contributed by atoms with Gasteiger partial charge in [0, 0.05) is 25.7 Å². The lowest BCUT2D eigenvalue weighted by Gasteiger charge is -2.13. The van der Waals surface area contributed by atoms with Crippen LogP contribution in [0.5, 0.6) is 0 Å². The SMILES string of the molecule is Fc1ccc(Cc2cn3c(n2)CNCC3)c(C(F)(F)F)c1. The highest BCUT2D eigenvalue weighted by molar-refractivity contribution is 5.33. The van der Waals surface area contributed by atoms with Gasteiger partial charge in [-0.15, -0.1) is 0 Å². The van der Waals surface area contributed by atoms with Crippen molar-refractivity contribution < 1.29 is 17.6 Å². The lowest BCUT2D eigenvalue weighted by molar-refractivity contribution is -0.138. The molecule has 0 radical (unpaired) electrons. The predicted octanol–water partition coefficient (Wildman–Crippen LogP) is 2.74. The molecule has 0 aliphatic carbocycles. The molecule has 0 atom stereocenters. The molecule has 1 aliphatic heterocycles. The van der Waals surface area contributed by atoms with Crippen molar-refractivity contribution in [2.24, 2.45) is 0 Å². The second-order valence-electron chi connectivity index (χ2n) is 4.99. The molecule has 7 heteroatoms. The van der Waals surface area contributed by atoms with E-state index in [4.69, 9.17) is 0 Å². The molecule has 3 rings (SSSR count). The van der Waals surface area contributed by atoms with Gasteiger partial charge in [-0.1, -0.05) is 6.07 Å². The Kier molecular flexibility index (Phi) is 3.44. The van der Waals surface area contributed by atoms with Crippen LogP contribution >= 0.6 is 0 Å². The summed E-state index contributed by atoms with van der Waals surface area (Å²) in [6.45, 7) is 2.17. The van der Waals surface area contributed by atoms with E-state index in [9.17, 15) is 17.6 Å². The van der Waals surface area contributed by atoms with Crippen molar-refractivity contribution in [3.63, 3.8) is 0 Å². The smallest absolute Gasteiger partial charge is 0.332 e. The summed E-state index contributed by atoms with van der Waals surface area (Å²) in [5, 5.41) is 3.15. The summed E-state index contributed by atoms with van der Waals surface area (Å²) in [6, 6.07) is 2.75. The molecule has 0 bridgehead atoms. The van der Waals surface area contributed by atoms with E-state index < -0.39 is 17.6 Å². The Balaban J connectivity index is 1.93. The predicted molar refractivity (Wildman–Crippen MR) is 68.1 cm³/mol. The molecule has 2 aromatic rings. The number of hydrogen-bond acceptors (Lipinski definition) is 2. The maximum atomic E-state index is 13.1. The number of halogens is 4. The molecule has 1 aromatic heterocycles. The van der Waals surface area contributed by atoms with E-state index in [0.29, 0.717) is 18.3 Å². The van der Waals surface area contributed by atoms with Crippen molar-refractivity contribution >= 4 is 0 Å². The number of nitrogens with one attached hydrogen (secondary N) is 1. The fourth-order valence-electron chi connectivity index (χ4n) is 2.49. The highest BCUT2D eigenvalue weighted by Gasteiger charge is 2.33. The largest absolute Gasteiger partial charge is 0.416 e. The van der Waals surface area contributed by atoms with Gasteiger partial charge in [-0.3, -0.25) is 0 Å². The van der Waals surface area contributed by atoms with Crippen LogP contribution in [0.3, 0.4) is 0 Å². The fourth-order valence-corrected chi connectivity index (χ4v) is 2.49. The molecular weight excluding hydrogens is 286 g/mol. The first-order chi connectivity index (χ1) is 9.93. The Hall–Kier alpha value is -1.89. The van der Waals surface area contributed by atoms with Gasteiger partial charge in [0.25, 0.3) is 0 Å². The molecule has 0 saturated carbocycles. The molecule has 112 valence electrons. The Morgan fingerprint density at radius 2 is 2.10 bits per heavy atom. The minimum Gasteiger partial charge on any atom is -0.332 e. The molecule has 1 aliphatic rings. The third kappa shape index (κ3) is 2.92. The van der Waals surface area contributed by atoms with Gasteiger partial charge in [0.1, 0.15) is 11.6 Å². The number of hydrogen-bond donors (Lipinski definition) is 1. The van der Waals surface area contributed by atoms with Crippen molar-refractivity contribution in [3.8, 4) is 0 Å². The average molecular weight is 299 g/mol. The summed E-state index contributed by atoms with van der Waals surface area (Å²) in [4.78, 5) is 4.33. The van der Waals surface area contributed by atoms with Crippen LogP contribution in [0.1, 0.15) is 22.6 Å². The van der Waals surface area contributed by atoms with Gasteiger partial charge in [0.2, 0.25) is 0 Å². The van der Waals surface area contributed by atoms with Crippen LogP contribution in [0.2, 0.25) is 0 Å². The first-order valence-electron chi connectivity index (χ1n) is 6.55. The van der Waals surface area contributed by atoms with E-state index in [0.717, 1.165) is 25.0 Å². The summed E-state index contributed by atoms with van der Waals surface area (Å²) in [6.07, 6.45) is -2.77. The van der Waals surface area contributed by atoms with Crippen LogP contribution in [0.15, 0.2) is 24.4 Å². The summed E-state index contributed by atoms with van der Waals surface area (Å²) in [7, 11) is 0. The summed E-state index contributed by atoms with van der Waals surface area (Å²) in [5.41, 5.74) is -0.343. The molecule has 0 spiro atoms. The van der Waals surface area contributed by atoms with Gasteiger partial charge in [-0.05, 0) is 17.7 Å². The minimum atomic E-state index is -4.57. The monoisotopic (exact) mass is 299 g/mol. The number of imidazole rings is 1. The Bertz CT molecular complexity index is 637. The van der Waals surface area contributed by atoms with Crippen molar-refractivity contribution in [2.45, 2.75) is 25.7 Å². The van der Waals surface area contributed by atoms with E-state index in [1.807, 2.05) is 4.57 Å². The number of benzene rings is 1. The molecule has 21 heavy (non-hydrogen) atoms. The van der Waals surface area contributed by atoms with Crippen LogP contribution in [-0.2, 0) is 25.7 Å². The second kappa shape index (κ2) is 5.14. The van der Waals surface area contributed by atoms with Crippen LogP contribution in [0, 0.1) is 5.82 Å². The van der Waals surface area contributed by atoms with E-state index in [2.05, 4.69) is 10.3 Å². The van der Waals surface area contributed by atoms with E-state index in [1.54, 1.807) is 6.20 Å². The molecule has 2 heterocycles. The normalized spacial score (nSPS) is 15.0. The topological polar surface area (TPSA) is 29.9 Å². The quantitative estimate of drug-likeness (QED) is 0.864. The summed E-state index contributed by atoms with van der Waals surface area (Å²) in [5.74, 6) is -0.0775. The third-order valence-electron chi connectivity index (χ3n) is 3.47. The zero-order valence-electron chi connectivity index (χ0n) is 11.0. The van der Waals surface area contributed by atoms with E-state index >= 15 is 0 Å². The Morgan fingerprint density at radius 1 is 1.29 bits per heavy atom. The highest BCUT2D eigenvalue weighted by Crippen LogP contribution is 2.33. The minimum absolute atomic E-state index is 0.0345. The zero-order chi connectivity index (χ0) is 15.0. The second-order valence-corrected chi connectivity index (χ2v) is 4.99. The summed E-state index contributed by atoms with van der Waals surface area (Å²) < 4.78 is 53.9. The van der Waals surface area contributed by atoms with Crippen LogP contribution < -0.4 is 5.32 Å². The van der Waals surface area contributed by atoms with Gasteiger partial charge in [0.05, 0.1) is 17.8 Å². The molecule has 0 unspecified atom stereocenters. The van der Waals surface area contributed by atoms with Gasteiger partial charge in [-0.2, -0.15) is 13.2 Å². The lowest BCUT2D eigenvalue weighted by atomic mass is 10.0. The highest BCUT2D eigenvalue weighted by atomic mass is 19.4. The lowest BCUT2D eigenvalue weighted by Crippen LogP contribution is -2.27. The molecule has 3 nitrogen and oxygen atoms in total. The Morgan fingerprint density at radius 3 is 2.81 bits per heavy atom. The molecule has 0 amide bonds. The van der Waals surface area contributed by atoms with Gasteiger partial charge in [0.15, 0.2) is 0 Å². The Labute approximate surface area is 118 Å². The van der Waals surface area contributed by atoms with Crippen LogP contribution in [0.4, 0.5) is 17.6 Å². The fraction of sp³-hybridized carbons (Fsp3) is 0.357. The third-order valence-corrected chi connectivity index (χ3v) is 3.47. The van der Waals surface area contributed by atoms with Crippen LogP contribution in [-0.4, -0.2) is 16.1 Å². The maximum absolute atomic E-state index is 13.1. The first kappa shape index (κ1) is 14.1. The van der Waals surface area contributed by atoms with Crippen LogP contribution in [0.25, 0.3) is 0 Å². The van der Waals surface area contributed by atoms with E-state index in [1.165, 1.54) is 6.07 Å². The van der Waals surface area contributed by atoms with Crippen molar-refractivity contribution in [2.75, 3.05) is 6.54 Å². The molecule has 0 saturated heterocycles. The number of rotatable bonds is 2. The number of alkyl halides is 3. The van der Waals surface area contributed by atoms with Crippen molar-refractivity contribution in [1.82, 2.24) is 14.9 Å². The standard InChI is InChI=1S/C14H13F4N3/c15-10-2-1-9(12(6-10)14(16,17)18)5-11-8-21-4-3-19-7-13(21)20-11/h1-2,6,8,19H,3-5,7H2. The van der Waals surface area contributed by atoms with E-state index in [-0.39, 0.29) is 12.0 Å². The van der Waals surface area contributed by atoms with Gasteiger partial charge >= 0.3 is 6.18 Å². The molecule has 0 fully saturated rings. The molecular formula is C14H13F4N3. The zero-order valence-corrected chi connectivity index (χ0v) is 11.0. The van der Waals surface area contributed by atoms with Crippen molar-refractivity contribution in [3.05, 3.63) is 52.9 Å². The van der Waals surface area contributed by atoms with Crippen molar-refractivity contribution in [1.29, 1.82) is 0 Å². The average Bonchev–Trinajstić information content (AvgIpc) is 2.82. The molecule has 1 aromatic carbocycles. The van der Waals surface area contributed by atoms with Gasteiger partial charge in [-0.25, -0.2) is 9.37 Å². The number of fused-ring (bicyclic) bond motifs is 1. The molecule has 1 N–H and O–H groups in total. The number of aromatic nitrogens is 2. The summed E-state index contributed by atoms with van der Waals surface area (Å²) >= 11 is 0. The van der Waals surface area contributed by atoms with Gasteiger partial charge < -0.3 is 9.88 Å².